The van der Waals surface area contributed by atoms with Gasteiger partial charge in [0.2, 0.25) is 0 Å². The molecule has 2 rings (SSSR count). The molecule has 2 aromatic carbocycles. The summed E-state index contributed by atoms with van der Waals surface area (Å²) in [5.74, 6) is 0.711. The van der Waals surface area contributed by atoms with Crippen molar-refractivity contribution in [1.82, 2.24) is 0 Å². The molecule has 0 aliphatic carbocycles. The fourth-order valence-electron chi connectivity index (χ4n) is 1.89. The zero-order valence-electron chi connectivity index (χ0n) is 11.7. The summed E-state index contributed by atoms with van der Waals surface area (Å²) in [4.78, 5) is 0. The molecule has 0 spiro atoms. The van der Waals surface area contributed by atoms with Crippen LogP contribution >= 0.6 is 0 Å². The minimum Gasteiger partial charge on any atom is -0.468 e. The fraction of sp³-hybridized carbons (Fsp3) is 0.294. The van der Waals surface area contributed by atoms with Gasteiger partial charge in [0.1, 0.15) is 5.75 Å². The van der Waals surface area contributed by atoms with Gasteiger partial charge in [-0.1, -0.05) is 49.4 Å². The van der Waals surface area contributed by atoms with Crippen LogP contribution in [0.15, 0.2) is 54.6 Å². The van der Waals surface area contributed by atoms with Crippen LogP contribution in [0.5, 0.6) is 5.75 Å². The van der Waals surface area contributed by atoms with Crippen LogP contribution in [-0.2, 0) is 11.3 Å². The van der Waals surface area contributed by atoms with Crippen molar-refractivity contribution in [3.05, 3.63) is 65.7 Å². The second kappa shape index (κ2) is 7.68. The van der Waals surface area contributed by atoms with Gasteiger partial charge in [0.25, 0.3) is 0 Å². The van der Waals surface area contributed by atoms with E-state index in [1.165, 1.54) is 0 Å². The molecule has 0 aromatic heterocycles. The standard InChI is InChI=1S/C17H20O3/c1-2-17(18)15-9-6-10-16(11-15)20-13-19-12-14-7-4-3-5-8-14/h3-11,17-18H,2,12-13H2,1H3/t17-/m0/s1. The summed E-state index contributed by atoms with van der Waals surface area (Å²) in [6.07, 6.45) is 0.248. The van der Waals surface area contributed by atoms with Gasteiger partial charge >= 0.3 is 0 Å². The average molecular weight is 272 g/mol. The first-order valence-corrected chi connectivity index (χ1v) is 6.82. The van der Waals surface area contributed by atoms with E-state index in [-0.39, 0.29) is 6.79 Å². The Bertz CT molecular complexity index is 511. The van der Waals surface area contributed by atoms with Crippen LogP contribution in [0.3, 0.4) is 0 Å². The summed E-state index contributed by atoms with van der Waals surface area (Å²) in [6, 6.07) is 17.4. The number of hydrogen-bond donors (Lipinski definition) is 1. The maximum Gasteiger partial charge on any atom is 0.189 e. The maximum absolute atomic E-state index is 9.79. The molecule has 20 heavy (non-hydrogen) atoms. The van der Waals surface area contributed by atoms with Gasteiger partial charge in [-0.25, -0.2) is 0 Å². The lowest BCUT2D eigenvalue weighted by molar-refractivity contribution is 0.00489. The monoisotopic (exact) mass is 272 g/mol. The van der Waals surface area contributed by atoms with Crippen LogP contribution in [-0.4, -0.2) is 11.9 Å². The molecule has 1 N–H and O–H groups in total. The van der Waals surface area contributed by atoms with Gasteiger partial charge in [-0.05, 0) is 29.7 Å². The lowest BCUT2D eigenvalue weighted by atomic mass is 10.1. The smallest absolute Gasteiger partial charge is 0.189 e. The van der Waals surface area contributed by atoms with E-state index in [4.69, 9.17) is 9.47 Å². The molecule has 3 nitrogen and oxygen atoms in total. The number of aliphatic hydroxyl groups is 1. The highest BCUT2D eigenvalue weighted by Crippen LogP contribution is 2.21. The maximum atomic E-state index is 9.79. The highest BCUT2D eigenvalue weighted by molar-refractivity contribution is 5.29. The van der Waals surface area contributed by atoms with Crippen LogP contribution in [0.4, 0.5) is 0 Å². The number of hydrogen-bond acceptors (Lipinski definition) is 3. The van der Waals surface area contributed by atoms with E-state index in [9.17, 15) is 5.11 Å². The van der Waals surface area contributed by atoms with Gasteiger partial charge in [-0.3, -0.25) is 0 Å². The second-order valence-corrected chi connectivity index (χ2v) is 4.59. The third-order valence-corrected chi connectivity index (χ3v) is 3.05. The molecule has 0 aliphatic heterocycles. The molecule has 0 heterocycles. The second-order valence-electron chi connectivity index (χ2n) is 4.59. The van der Waals surface area contributed by atoms with Gasteiger partial charge in [0.05, 0.1) is 12.7 Å². The third-order valence-electron chi connectivity index (χ3n) is 3.05. The first kappa shape index (κ1) is 14.6. The van der Waals surface area contributed by atoms with Crippen molar-refractivity contribution < 1.29 is 14.6 Å². The molecule has 0 saturated heterocycles. The Morgan fingerprint density at radius 1 is 1.05 bits per heavy atom. The minimum atomic E-state index is -0.441. The highest BCUT2D eigenvalue weighted by atomic mass is 16.7. The molecule has 0 saturated carbocycles. The minimum absolute atomic E-state index is 0.195. The van der Waals surface area contributed by atoms with E-state index < -0.39 is 6.10 Å². The van der Waals surface area contributed by atoms with E-state index in [0.29, 0.717) is 18.8 Å². The Hall–Kier alpha value is -1.84. The topological polar surface area (TPSA) is 38.7 Å². The normalized spacial score (nSPS) is 12.1. The van der Waals surface area contributed by atoms with Crippen molar-refractivity contribution in [1.29, 1.82) is 0 Å². The van der Waals surface area contributed by atoms with Crippen molar-refractivity contribution in [3.8, 4) is 5.75 Å². The van der Waals surface area contributed by atoms with Crippen molar-refractivity contribution in [2.45, 2.75) is 26.1 Å². The molecule has 0 amide bonds. The Balaban J connectivity index is 1.79. The molecule has 106 valence electrons. The summed E-state index contributed by atoms with van der Waals surface area (Å²) in [6.45, 7) is 2.67. The number of benzene rings is 2. The van der Waals surface area contributed by atoms with E-state index in [1.807, 2.05) is 61.5 Å². The first-order valence-electron chi connectivity index (χ1n) is 6.82. The Morgan fingerprint density at radius 2 is 1.85 bits per heavy atom. The van der Waals surface area contributed by atoms with Gasteiger partial charge in [0, 0.05) is 0 Å². The van der Waals surface area contributed by atoms with Crippen molar-refractivity contribution in [2.24, 2.45) is 0 Å². The van der Waals surface area contributed by atoms with Crippen LogP contribution in [0, 0.1) is 0 Å². The fourth-order valence-corrected chi connectivity index (χ4v) is 1.89. The quantitative estimate of drug-likeness (QED) is 0.617. The highest BCUT2D eigenvalue weighted by Gasteiger charge is 2.05. The number of rotatable bonds is 7. The molecule has 3 heteroatoms. The van der Waals surface area contributed by atoms with E-state index in [0.717, 1.165) is 11.1 Å². The van der Waals surface area contributed by atoms with Gasteiger partial charge < -0.3 is 14.6 Å². The molecule has 2 aromatic rings. The van der Waals surface area contributed by atoms with Crippen molar-refractivity contribution >= 4 is 0 Å². The predicted octanol–water partition coefficient (Wildman–Crippen LogP) is 3.68. The Morgan fingerprint density at radius 3 is 2.60 bits per heavy atom. The van der Waals surface area contributed by atoms with E-state index in [1.54, 1.807) is 0 Å². The Labute approximate surface area is 119 Å². The van der Waals surface area contributed by atoms with Gasteiger partial charge in [-0.2, -0.15) is 0 Å². The lowest BCUT2D eigenvalue weighted by Gasteiger charge is -2.11. The average Bonchev–Trinajstić information content (AvgIpc) is 2.52. The Kier molecular flexibility index (Phi) is 5.59. The zero-order chi connectivity index (χ0) is 14.2. The number of ether oxygens (including phenoxy) is 2. The van der Waals surface area contributed by atoms with Crippen molar-refractivity contribution in [2.75, 3.05) is 6.79 Å². The third kappa shape index (κ3) is 4.37. The van der Waals surface area contributed by atoms with Gasteiger partial charge in [-0.15, -0.1) is 0 Å². The molecule has 0 fully saturated rings. The van der Waals surface area contributed by atoms with Crippen LogP contribution < -0.4 is 4.74 Å². The SMILES string of the molecule is CC[C@H](O)c1cccc(OCOCc2ccccc2)c1. The molecular weight excluding hydrogens is 252 g/mol. The molecule has 1 atom stereocenters. The first-order chi connectivity index (χ1) is 9.79. The van der Waals surface area contributed by atoms with E-state index >= 15 is 0 Å². The molecule has 0 unspecified atom stereocenters. The van der Waals surface area contributed by atoms with Crippen LogP contribution in [0.25, 0.3) is 0 Å². The molecule has 0 radical (unpaired) electrons. The lowest BCUT2D eigenvalue weighted by Crippen LogP contribution is -2.03. The summed E-state index contributed by atoms with van der Waals surface area (Å²) in [7, 11) is 0. The van der Waals surface area contributed by atoms with E-state index in [2.05, 4.69) is 0 Å². The van der Waals surface area contributed by atoms with Crippen molar-refractivity contribution in [3.63, 3.8) is 0 Å². The summed E-state index contributed by atoms with van der Waals surface area (Å²) < 4.78 is 11.0. The summed E-state index contributed by atoms with van der Waals surface area (Å²) in [5.41, 5.74) is 1.99. The summed E-state index contributed by atoms with van der Waals surface area (Å²) in [5, 5.41) is 9.79. The summed E-state index contributed by atoms with van der Waals surface area (Å²) >= 11 is 0. The molecule has 0 bridgehead atoms. The van der Waals surface area contributed by atoms with Gasteiger partial charge in [0.15, 0.2) is 6.79 Å². The molecule has 0 aliphatic rings. The van der Waals surface area contributed by atoms with Crippen LogP contribution in [0.1, 0.15) is 30.6 Å². The molecular formula is C17H20O3. The zero-order valence-corrected chi connectivity index (χ0v) is 11.7. The predicted molar refractivity (Wildman–Crippen MR) is 78.4 cm³/mol. The number of aliphatic hydroxyl groups excluding tert-OH is 1. The largest absolute Gasteiger partial charge is 0.468 e. The van der Waals surface area contributed by atoms with Crippen LogP contribution in [0.2, 0.25) is 0 Å².